The average Bonchev–Trinajstić information content (AvgIpc) is 1.84. The number of carbonyl (C=O) groups is 1. The first kappa shape index (κ1) is 11.1. The van der Waals surface area contributed by atoms with Crippen molar-refractivity contribution < 1.29 is 9.53 Å². The van der Waals surface area contributed by atoms with E-state index in [-0.39, 0.29) is 11.4 Å². The molecule has 66 valence electrons. The highest BCUT2D eigenvalue weighted by atomic mass is 35.7. The zero-order valence-corrected chi connectivity index (χ0v) is 8.59. The van der Waals surface area contributed by atoms with Gasteiger partial charge in [-0.15, -0.1) is 0 Å². The van der Waals surface area contributed by atoms with Crippen molar-refractivity contribution in [2.45, 2.75) is 20.8 Å². The predicted octanol–water partition coefficient (Wildman–Crippen LogP) is 2.46. The molecule has 0 saturated carbocycles. The van der Waals surface area contributed by atoms with E-state index >= 15 is 0 Å². The summed E-state index contributed by atoms with van der Waals surface area (Å²) < 4.78 is 4.85. The summed E-state index contributed by atoms with van der Waals surface area (Å²) in [5.41, 5.74) is -0.0297. The molecule has 0 amide bonds. The van der Waals surface area contributed by atoms with Gasteiger partial charge in [0.2, 0.25) is 0 Å². The molecule has 0 aromatic heterocycles. The monoisotopic (exact) mass is 196 g/mol. The van der Waals surface area contributed by atoms with E-state index in [4.69, 9.17) is 15.4 Å². The molecule has 0 bridgehead atoms. The second kappa shape index (κ2) is 4.88. The van der Waals surface area contributed by atoms with Crippen LogP contribution in [0.4, 0.5) is 0 Å². The van der Waals surface area contributed by atoms with Gasteiger partial charge in [-0.2, -0.15) is 0 Å². The van der Waals surface area contributed by atoms with E-state index in [1.807, 2.05) is 13.8 Å². The standard InChI is InChI=1S/C7H13ClO2S/c1-6(9)10-4-7(2,3)5-11-8/h4-5H2,1-3H3. The van der Waals surface area contributed by atoms with Gasteiger partial charge in [0, 0.05) is 18.1 Å². The highest BCUT2D eigenvalue weighted by Gasteiger charge is 2.18. The number of hydrogen-bond acceptors (Lipinski definition) is 3. The number of carbonyl (C=O) groups excluding carboxylic acids is 1. The summed E-state index contributed by atoms with van der Waals surface area (Å²) >= 11 is 0. The molecular formula is C7H13ClO2S. The summed E-state index contributed by atoms with van der Waals surface area (Å²) in [6.07, 6.45) is 0. The summed E-state index contributed by atoms with van der Waals surface area (Å²) in [6.45, 7) is 5.85. The summed E-state index contributed by atoms with van der Waals surface area (Å²) in [4.78, 5) is 10.4. The Balaban J connectivity index is 3.63. The Morgan fingerprint density at radius 2 is 2.18 bits per heavy atom. The van der Waals surface area contributed by atoms with Crippen molar-refractivity contribution in [2.24, 2.45) is 5.41 Å². The smallest absolute Gasteiger partial charge is 0.302 e. The molecule has 0 unspecified atom stereocenters. The summed E-state index contributed by atoms with van der Waals surface area (Å²) in [6, 6.07) is 0. The van der Waals surface area contributed by atoms with Gasteiger partial charge in [0.15, 0.2) is 0 Å². The normalized spacial score (nSPS) is 11.3. The molecule has 0 aromatic carbocycles. The molecule has 0 rings (SSSR count). The minimum Gasteiger partial charge on any atom is -0.465 e. The average molecular weight is 197 g/mol. The minimum atomic E-state index is -0.238. The first-order chi connectivity index (χ1) is 4.98. The van der Waals surface area contributed by atoms with Crippen LogP contribution in [0, 0.1) is 5.41 Å². The van der Waals surface area contributed by atoms with Gasteiger partial charge in [-0.1, -0.05) is 24.8 Å². The van der Waals surface area contributed by atoms with Gasteiger partial charge < -0.3 is 4.74 Å². The highest BCUT2D eigenvalue weighted by molar-refractivity contribution is 8.21. The van der Waals surface area contributed by atoms with E-state index in [9.17, 15) is 4.79 Å². The number of esters is 1. The first-order valence-corrected chi connectivity index (χ1v) is 5.16. The fourth-order valence-corrected chi connectivity index (χ4v) is 1.75. The second-order valence-corrected chi connectivity index (χ2v) is 4.36. The molecule has 0 radical (unpaired) electrons. The van der Waals surface area contributed by atoms with Gasteiger partial charge in [-0.05, 0) is 10.7 Å². The Bertz CT molecular complexity index is 136. The largest absolute Gasteiger partial charge is 0.465 e. The van der Waals surface area contributed by atoms with Crippen LogP contribution in [0.25, 0.3) is 0 Å². The molecule has 0 atom stereocenters. The maximum absolute atomic E-state index is 10.4. The molecule has 11 heavy (non-hydrogen) atoms. The molecule has 2 nitrogen and oxygen atoms in total. The maximum atomic E-state index is 10.4. The van der Waals surface area contributed by atoms with Crippen molar-refractivity contribution in [1.82, 2.24) is 0 Å². The zero-order chi connectivity index (χ0) is 8.91. The lowest BCUT2D eigenvalue weighted by Crippen LogP contribution is -2.23. The van der Waals surface area contributed by atoms with Gasteiger partial charge in [0.25, 0.3) is 0 Å². The van der Waals surface area contributed by atoms with Crippen LogP contribution in [-0.2, 0) is 9.53 Å². The Labute approximate surface area is 76.1 Å². The van der Waals surface area contributed by atoms with E-state index in [0.29, 0.717) is 6.61 Å². The van der Waals surface area contributed by atoms with Crippen LogP contribution < -0.4 is 0 Å². The fraction of sp³-hybridized carbons (Fsp3) is 0.857. The third kappa shape index (κ3) is 6.51. The molecule has 0 fully saturated rings. The number of hydrogen-bond donors (Lipinski definition) is 0. The fourth-order valence-electron chi connectivity index (χ4n) is 0.486. The van der Waals surface area contributed by atoms with E-state index < -0.39 is 0 Å². The molecule has 0 spiro atoms. The lowest BCUT2D eigenvalue weighted by molar-refractivity contribution is -0.143. The van der Waals surface area contributed by atoms with Crippen LogP contribution in [0.5, 0.6) is 0 Å². The SMILES string of the molecule is CC(=O)OCC(C)(C)CSCl. The van der Waals surface area contributed by atoms with Crippen LogP contribution >= 0.6 is 21.7 Å². The van der Waals surface area contributed by atoms with Gasteiger partial charge in [0.1, 0.15) is 0 Å². The van der Waals surface area contributed by atoms with Crippen molar-refractivity contribution in [2.75, 3.05) is 12.4 Å². The van der Waals surface area contributed by atoms with Gasteiger partial charge in [-0.25, -0.2) is 0 Å². The molecule has 0 aliphatic heterocycles. The molecule has 0 aliphatic carbocycles. The molecular weight excluding hydrogens is 184 g/mol. The Hall–Kier alpha value is 0.110. The molecule has 0 heterocycles. The second-order valence-electron chi connectivity index (χ2n) is 3.20. The van der Waals surface area contributed by atoms with Crippen LogP contribution in [0.15, 0.2) is 0 Å². The quantitative estimate of drug-likeness (QED) is 0.647. The minimum absolute atomic E-state index is 0.0297. The Morgan fingerprint density at radius 3 is 2.55 bits per heavy atom. The van der Waals surface area contributed by atoms with Crippen molar-refractivity contribution in [3.63, 3.8) is 0 Å². The number of ether oxygens (including phenoxy) is 1. The van der Waals surface area contributed by atoms with Crippen LogP contribution in [-0.4, -0.2) is 18.3 Å². The van der Waals surface area contributed by atoms with Gasteiger partial charge in [-0.3, -0.25) is 4.79 Å². The molecule has 0 saturated heterocycles. The highest BCUT2D eigenvalue weighted by Crippen LogP contribution is 2.24. The van der Waals surface area contributed by atoms with Crippen molar-refractivity contribution in [1.29, 1.82) is 0 Å². The van der Waals surface area contributed by atoms with Gasteiger partial charge >= 0.3 is 5.97 Å². The summed E-state index contributed by atoms with van der Waals surface area (Å²) in [7, 11) is 6.72. The molecule has 0 aliphatic rings. The third-order valence-electron chi connectivity index (χ3n) is 1.11. The third-order valence-corrected chi connectivity index (χ3v) is 2.33. The first-order valence-electron chi connectivity index (χ1n) is 3.35. The zero-order valence-electron chi connectivity index (χ0n) is 7.02. The number of rotatable bonds is 4. The van der Waals surface area contributed by atoms with E-state index in [1.54, 1.807) is 0 Å². The number of halogens is 1. The van der Waals surface area contributed by atoms with Crippen molar-refractivity contribution >= 4 is 27.6 Å². The molecule has 0 N–H and O–H groups in total. The Kier molecular flexibility index (Phi) is 4.93. The lowest BCUT2D eigenvalue weighted by atomic mass is 9.98. The molecule has 0 aromatic rings. The summed E-state index contributed by atoms with van der Waals surface area (Å²) in [5, 5.41) is 0. The van der Waals surface area contributed by atoms with E-state index in [2.05, 4.69) is 0 Å². The van der Waals surface area contributed by atoms with Crippen molar-refractivity contribution in [3.8, 4) is 0 Å². The van der Waals surface area contributed by atoms with Crippen LogP contribution in [0.3, 0.4) is 0 Å². The maximum Gasteiger partial charge on any atom is 0.302 e. The lowest BCUT2D eigenvalue weighted by Gasteiger charge is -2.21. The van der Waals surface area contributed by atoms with E-state index in [0.717, 1.165) is 5.75 Å². The predicted molar refractivity (Wildman–Crippen MR) is 48.7 cm³/mol. The molecule has 4 heteroatoms. The summed E-state index contributed by atoms with van der Waals surface area (Å²) in [5.74, 6) is 0.541. The van der Waals surface area contributed by atoms with Gasteiger partial charge in [0.05, 0.1) is 6.61 Å². The topological polar surface area (TPSA) is 26.3 Å². The van der Waals surface area contributed by atoms with Crippen molar-refractivity contribution in [3.05, 3.63) is 0 Å². The van der Waals surface area contributed by atoms with E-state index in [1.165, 1.54) is 17.9 Å². The van der Waals surface area contributed by atoms with Crippen LogP contribution in [0.1, 0.15) is 20.8 Å². The van der Waals surface area contributed by atoms with Crippen LogP contribution in [0.2, 0.25) is 0 Å². The Morgan fingerprint density at radius 1 is 1.64 bits per heavy atom.